The second kappa shape index (κ2) is 11.2. The predicted octanol–water partition coefficient (Wildman–Crippen LogP) is 4.16. The van der Waals surface area contributed by atoms with Gasteiger partial charge in [0.2, 0.25) is 0 Å². The maximum absolute atomic E-state index is 6.10. The van der Waals surface area contributed by atoms with Crippen LogP contribution in [0.4, 0.5) is 0 Å². The number of guanidine groups is 1. The molecule has 1 aliphatic heterocycles. The minimum atomic E-state index is 0. The van der Waals surface area contributed by atoms with Gasteiger partial charge in [0, 0.05) is 46.1 Å². The van der Waals surface area contributed by atoms with Crippen molar-refractivity contribution in [2.24, 2.45) is 4.99 Å². The van der Waals surface area contributed by atoms with Crippen LogP contribution in [0.1, 0.15) is 19.3 Å². The van der Waals surface area contributed by atoms with Gasteiger partial charge in [0.05, 0.1) is 17.4 Å². The van der Waals surface area contributed by atoms with Gasteiger partial charge < -0.3 is 19.5 Å². The van der Waals surface area contributed by atoms with E-state index in [1.54, 1.807) is 0 Å². The normalized spacial score (nSPS) is 15.1. The minimum absolute atomic E-state index is 0. The average molecular weight is 519 g/mol. The highest BCUT2D eigenvalue weighted by Crippen LogP contribution is 2.18. The van der Waals surface area contributed by atoms with Gasteiger partial charge in [-0.3, -0.25) is 4.99 Å². The van der Waals surface area contributed by atoms with Crippen LogP contribution in [0.15, 0.2) is 65.9 Å². The molecule has 0 radical (unpaired) electrons. The number of aliphatic imine (C=N–C) groups is 1. The van der Waals surface area contributed by atoms with Gasteiger partial charge in [-0.2, -0.15) is 0 Å². The van der Waals surface area contributed by atoms with Crippen LogP contribution in [-0.2, 0) is 6.54 Å². The van der Waals surface area contributed by atoms with Gasteiger partial charge in [0.25, 0.3) is 0 Å². The van der Waals surface area contributed by atoms with Crippen molar-refractivity contribution in [2.45, 2.75) is 31.9 Å². The molecule has 0 amide bonds. The maximum Gasteiger partial charge on any atom is 0.193 e. The fraction of sp³-hybridized carbons (Fsp3) is 0.391. The topological polar surface area (TPSA) is 54.7 Å². The Bertz CT molecular complexity index is 935. The number of fused-ring (bicyclic) bond motifs is 1. The largest absolute Gasteiger partial charge is 0.490 e. The molecule has 0 spiro atoms. The number of nitrogens with zero attached hydrogens (tertiary/aromatic N) is 4. The van der Waals surface area contributed by atoms with Crippen molar-refractivity contribution in [1.82, 2.24) is 19.8 Å². The fourth-order valence-electron chi connectivity index (χ4n) is 3.85. The molecule has 4 rings (SSSR count). The molecule has 7 heteroatoms. The van der Waals surface area contributed by atoms with E-state index in [-0.39, 0.29) is 30.1 Å². The van der Waals surface area contributed by atoms with E-state index in [9.17, 15) is 0 Å². The van der Waals surface area contributed by atoms with Crippen molar-refractivity contribution in [2.75, 3.05) is 26.7 Å². The Morgan fingerprint density at radius 3 is 2.60 bits per heavy atom. The summed E-state index contributed by atoms with van der Waals surface area (Å²) in [5.74, 6) is 1.94. The molecule has 160 valence electrons. The molecule has 3 aromatic rings. The van der Waals surface area contributed by atoms with Gasteiger partial charge in [0.1, 0.15) is 11.9 Å². The third kappa shape index (κ3) is 5.65. The van der Waals surface area contributed by atoms with Crippen molar-refractivity contribution < 1.29 is 4.74 Å². The number of nitrogens with one attached hydrogen (secondary N) is 1. The molecule has 2 aromatic carbocycles. The number of imidazole rings is 1. The first-order valence-corrected chi connectivity index (χ1v) is 10.4. The summed E-state index contributed by atoms with van der Waals surface area (Å²) in [6.07, 6.45) is 5.25. The monoisotopic (exact) mass is 519 g/mol. The van der Waals surface area contributed by atoms with E-state index < -0.39 is 0 Å². The van der Waals surface area contributed by atoms with Crippen LogP contribution >= 0.6 is 24.0 Å². The van der Waals surface area contributed by atoms with E-state index in [0.717, 1.165) is 62.7 Å². The Hall–Kier alpha value is -2.29. The molecule has 2 heterocycles. The number of aromatic nitrogens is 2. The van der Waals surface area contributed by atoms with Crippen LogP contribution in [0.3, 0.4) is 0 Å². The average Bonchev–Trinajstić information content (AvgIpc) is 3.18. The van der Waals surface area contributed by atoms with Crippen LogP contribution in [0.25, 0.3) is 11.0 Å². The molecule has 1 fully saturated rings. The maximum atomic E-state index is 6.10. The number of aryl methyl sites for hydroxylation is 1. The molecule has 0 aliphatic carbocycles. The summed E-state index contributed by atoms with van der Waals surface area (Å²) in [5.41, 5.74) is 2.24. The number of rotatable bonds is 6. The first-order chi connectivity index (χ1) is 14.3. The van der Waals surface area contributed by atoms with E-state index in [4.69, 9.17) is 4.74 Å². The molecule has 0 saturated carbocycles. The molecular formula is C23H30IN5O. The molecular weight excluding hydrogens is 489 g/mol. The van der Waals surface area contributed by atoms with Gasteiger partial charge in [0.15, 0.2) is 5.96 Å². The van der Waals surface area contributed by atoms with Gasteiger partial charge in [-0.15, -0.1) is 24.0 Å². The van der Waals surface area contributed by atoms with E-state index in [0.29, 0.717) is 0 Å². The van der Waals surface area contributed by atoms with Crippen LogP contribution in [-0.4, -0.2) is 53.2 Å². The fourth-order valence-corrected chi connectivity index (χ4v) is 3.85. The summed E-state index contributed by atoms with van der Waals surface area (Å²) in [6.45, 7) is 3.75. The van der Waals surface area contributed by atoms with Gasteiger partial charge in [-0.05, 0) is 30.7 Å². The Labute approximate surface area is 195 Å². The number of halogens is 1. The second-order valence-electron chi connectivity index (χ2n) is 7.37. The summed E-state index contributed by atoms with van der Waals surface area (Å²) in [5, 5.41) is 3.52. The third-order valence-electron chi connectivity index (χ3n) is 5.39. The van der Waals surface area contributed by atoms with Crippen LogP contribution in [0.2, 0.25) is 0 Å². The summed E-state index contributed by atoms with van der Waals surface area (Å²) < 4.78 is 8.31. The molecule has 6 nitrogen and oxygen atoms in total. The number of para-hydroxylation sites is 3. The highest BCUT2D eigenvalue weighted by Gasteiger charge is 2.22. The SMILES string of the molecule is CN=C(NCCCn1cnc2ccccc21)N1CCC(Oc2ccccc2)CC1.I. The lowest BCUT2D eigenvalue weighted by atomic mass is 10.1. The zero-order chi connectivity index (χ0) is 19.9. The van der Waals surface area contributed by atoms with E-state index in [1.165, 1.54) is 5.52 Å². The molecule has 1 aromatic heterocycles. The van der Waals surface area contributed by atoms with Crippen molar-refractivity contribution >= 4 is 41.0 Å². The molecule has 1 saturated heterocycles. The second-order valence-corrected chi connectivity index (χ2v) is 7.37. The van der Waals surface area contributed by atoms with E-state index in [1.807, 2.05) is 49.8 Å². The van der Waals surface area contributed by atoms with Crippen LogP contribution in [0, 0.1) is 0 Å². The molecule has 0 atom stereocenters. The standard InChI is InChI=1S/C23H29N5O.HI/c1-24-23(25-14-7-15-28-18-26-21-10-5-6-11-22(21)28)27-16-12-20(13-17-27)29-19-8-3-2-4-9-19;/h2-6,8-11,18,20H,7,12-17H2,1H3,(H,24,25);1H. The van der Waals surface area contributed by atoms with Crippen molar-refractivity contribution in [3.63, 3.8) is 0 Å². The Balaban J connectivity index is 0.00000256. The number of hydrogen-bond acceptors (Lipinski definition) is 3. The number of benzene rings is 2. The zero-order valence-corrected chi connectivity index (χ0v) is 19.7. The smallest absolute Gasteiger partial charge is 0.193 e. The lowest BCUT2D eigenvalue weighted by molar-refractivity contribution is 0.129. The number of ether oxygens (including phenoxy) is 1. The van der Waals surface area contributed by atoms with Crippen molar-refractivity contribution in [1.29, 1.82) is 0 Å². The Morgan fingerprint density at radius 1 is 1.10 bits per heavy atom. The van der Waals surface area contributed by atoms with Gasteiger partial charge in [-0.1, -0.05) is 30.3 Å². The lowest BCUT2D eigenvalue weighted by Gasteiger charge is -2.34. The third-order valence-corrected chi connectivity index (χ3v) is 5.39. The molecule has 30 heavy (non-hydrogen) atoms. The molecule has 0 unspecified atom stereocenters. The van der Waals surface area contributed by atoms with Gasteiger partial charge >= 0.3 is 0 Å². The Morgan fingerprint density at radius 2 is 1.83 bits per heavy atom. The summed E-state index contributed by atoms with van der Waals surface area (Å²) in [6, 6.07) is 18.4. The number of piperidine rings is 1. The minimum Gasteiger partial charge on any atom is -0.490 e. The van der Waals surface area contributed by atoms with Crippen molar-refractivity contribution in [3.05, 3.63) is 60.9 Å². The first-order valence-electron chi connectivity index (χ1n) is 10.4. The summed E-state index contributed by atoms with van der Waals surface area (Å²) in [7, 11) is 1.86. The highest BCUT2D eigenvalue weighted by atomic mass is 127. The van der Waals surface area contributed by atoms with Gasteiger partial charge in [-0.25, -0.2) is 4.98 Å². The molecule has 1 N–H and O–H groups in total. The lowest BCUT2D eigenvalue weighted by Crippen LogP contribution is -2.47. The predicted molar refractivity (Wildman–Crippen MR) is 133 cm³/mol. The molecule has 1 aliphatic rings. The zero-order valence-electron chi connectivity index (χ0n) is 17.4. The number of likely N-dealkylation sites (tertiary alicyclic amines) is 1. The molecule has 0 bridgehead atoms. The number of hydrogen-bond donors (Lipinski definition) is 1. The first kappa shape index (κ1) is 22.4. The van der Waals surface area contributed by atoms with E-state index in [2.05, 4.69) is 43.0 Å². The summed E-state index contributed by atoms with van der Waals surface area (Å²) in [4.78, 5) is 11.3. The Kier molecular flexibility index (Phi) is 8.36. The quantitative estimate of drug-likeness (QED) is 0.230. The van der Waals surface area contributed by atoms with Crippen molar-refractivity contribution in [3.8, 4) is 5.75 Å². The van der Waals surface area contributed by atoms with Crippen LogP contribution in [0.5, 0.6) is 5.75 Å². The van der Waals surface area contributed by atoms with Crippen LogP contribution < -0.4 is 10.1 Å². The highest BCUT2D eigenvalue weighted by molar-refractivity contribution is 14.0. The summed E-state index contributed by atoms with van der Waals surface area (Å²) >= 11 is 0. The van der Waals surface area contributed by atoms with E-state index >= 15 is 0 Å².